The van der Waals surface area contributed by atoms with Gasteiger partial charge in [-0.15, -0.1) is 0 Å². The molecule has 0 N–H and O–H groups in total. The van der Waals surface area contributed by atoms with E-state index in [2.05, 4.69) is 175 Å². The van der Waals surface area contributed by atoms with E-state index in [4.69, 9.17) is 4.42 Å². The Bertz CT molecular complexity index is 3160. The summed E-state index contributed by atoms with van der Waals surface area (Å²) in [6.45, 7) is 4.78. The normalized spacial score (nSPS) is 17.0. The van der Waals surface area contributed by atoms with Crippen molar-refractivity contribution in [1.29, 1.82) is 0 Å². The Hall–Kier alpha value is -6.32. The number of hydrogen-bond donors (Lipinski definition) is 0. The lowest BCUT2D eigenvalue weighted by molar-refractivity contribution is 0.545. The van der Waals surface area contributed by atoms with Gasteiger partial charge in [0.2, 0.25) is 0 Å². The van der Waals surface area contributed by atoms with Gasteiger partial charge in [0.1, 0.15) is 5.76 Å². The maximum atomic E-state index is 6.76. The number of para-hydroxylation sites is 1. The molecule has 0 saturated heterocycles. The van der Waals surface area contributed by atoms with Gasteiger partial charge in [0, 0.05) is 55.5 Å². The van der Waals surface area contributed by atoms with Crippen LogP contribution >= 0.6 is 0 Å². The van der Waals surface area contributed by atoms with Gasteiger partial charge < -0.3 is 13.6 Å². The molecule has 1 atom stereocenters. The third-order valence-corrected chi connectivity index (χ3v) is 12.6. The van der Waals surface area contributed by atoms with Crippen LogP contribution in [-0.2, 0) is 11.8 Å². The maximum absolute atomic E-state index is 6.76. The molecule has 0 bridgehead atoms. The predicted molar refractivity (Wildman–Crippen MR) is 226 cm³/mol. The van der Waals surface area contributed by atoms with Crippen molar-refractivity contribution < 1.29 is 4.42 Å². The van der Waals surface area contributed by atoms with E-state index in [0.29, 0.717) is 0 Å². The SMILES string of the molecule is CC1(C)c2ccccc2-c2ccc3c4ccc(-c5ccc6c(c5)c5ccc7c8c(oc7c5n6C5C=CC=CC5)CCC=C8)cc4n(-c4ccccc4)c3c21. The number of fused-ring (bicyclic) bond motifs is 14. The van der Waals surface area contributed by atoms with Gasteiger partial charge in [0.25, 0.3) is 0 Å². The molecule has 3 nitrogen and oxygen atoms in total. The Balaban J connectivity index is 1.11. The summed E-state index contributed by atoms with van der Waals surface area (Å²) < 4.78 is 11.8. The summed E-state index contributed by atoms with van der Waals surface area (Å²) in [6.07, 6.45) is 16.4. The van der Waals surface area contributed by atoms with Gasteiger partial charge in [0.05, 0.1) is 22.6 Å². The number of allylic oxidation sites excluding steroid dienone is 5. The molecule has 0 saturated carbocycles. The zero-order valence-corrected chi connectivity index (χ0v) is 30.4. The summed E-state index contributed by atoms with van der Waals surface area (Å²) in [5, 5.41) is 6.30. The molecule has 0 spiro atoms. The Morgan fingerprint density at radius 3 is 2.31 bits per heavy atom. The number of hydrogen-bond acceptors (Lipinski definition) is 1. The highest BCUT2D eigenvalue weighted by atomic mass is 16.3. The molecular weight excluding hydrogens is 657 g/mol. The standard InChI is InChI=1S/C51H38N2O/c1-51(2)43-19-11-9-17-35(43)38-24-25-39-36-23-21-32(30-45(36)53(48(39)47(38)51)34-15-7-4-8-16-34)31-22-28-44-42(29-31)40-26-27-41-37-18-10-12-20-46(37)54-50(41)49(40)52(44)33-13-5-3-6-14-33/h3-11,13,15-19,21-30,33H,12,14,20H2,1-2H3. The van der Waals surface area contributed by atoms with E-state index < -0.39 is 0 Å². The minimum atomic E-state index is -0.132. The summed E-state index contributed by atoms with van der Waals surface area (Å²) in [5.74, 6) is 1.11. The molecule has 0 amide bonds. The van der Waals surface area contributed by atoms with Gasteiger partial charge in [-0.05, 0) is 82.6 Å². The van der Waals surface area contributed by atoms with Crippen molar-refractivity contribution in [2.24, 2.45) is 0 Å². The monoisotopic (exact) mass is 694 g/mol. The molecule has 9 aromatic rings. The zero-order valence-electron chi connectivity index (χ0n) is 30.4. The first-order chi connectivity index (χ1) is 26.6. The van der Waals surface area contributed by atoms with Crippen molar-refractivity contribution >= 4 is 60.7 Å². The lowest BCUT2D eigenvalue weighted by Crippen LogP contribution is -2.16. The number of benzene rings is 6. The Morgan fingerprint density at radius 1 is 0.648 bits per heavy atom. The summed E-state index contributed by atoms with van der Waals surface area (Å²) in [7, 11) is 0. The van der Waals surface area contributed by atoms with Crippen LogP contribution in [0.3, 0.4) is 0 Å². The number of aromatic nitrogens is 2. The number of furan rings is 1. The molecule has 258 valence electrons. The van der Waals surface area contributed by atoms with Crippen molar-refractivity contribution in [3.63, 3.8) is 0 Å². The van der Waals surface area contributed by atoms with Crippen LogP contribution in [0.15, 0.2) is 150 Å². The number of nitrogens with zero attached hydrogens (tertiary/aromatic N) is 2. The molecule has 12 rings (SSSR count). The molecule has 1 unspecified atom stereocenters. The third kappa shape index (κ3) is 3.96. The molecule has 0 aliphatic heterocycles. The Kier molecular flexibility index (Phi) is 6.07. The van der Waals surface area contributed by atoms with Crippen molar-refractivity contribution in [2.45, 2.75) is 44.6 Å². The van der Waals surface area contributed by atoms with E-state index in [0.717, 1.165) is 30.6 Å². The average Bonchev–Trinajstić information content (AvgIpc) is 3.93. The molecule has 6 aromatic carbocycles. The van der Waals surface area contributed by atoms with Crippen molar-refractivity contribution in [3.05, 3.63) is 168 Å². The average molecular weight is 695 g/mol. The summed E-state index contributed by atoms with van der Waals surface area (Å²) >= 11 is 0. The minimum absolute atomic E-state index is 0.132. The predicted octanol–water partition coefficient (Wildman–Crippen LogP) is 13.6. The van der Waals surface area contributed by atoms with E-state index in [1.807, 2.05) is 0 Å². The maximum Gasteiger partial charge on any atom is 0.159 e. The van der Waals surface area contributed by atoms with Crippen LogP contribution in [0.25, 0.3) is 88.6 Å². The van der Waals surface area contributed by atoms with Crippen LogP contribution < -0.4 is 0 Å². The van der Waals surface area contributed by atoms with Gasteiger partial charge >= 0.3 is 0 Å². The summed E-state index contributed by atoms with van der Waals surface area (Å²) in [5.41, 5.74) is 16.2. The smallest absolute Gasteiger partial charge is 0.159 e. The van der Waals surface area contributed by atoms with Crippen LogP contribution in [-0.4, -0.2) is 9.13 Å². The summed E-state index contributed by atoms with van der Waals surface area (Å²) in [6, 6.07) is 43.6. The van der Waals surface area contributed by atoms with Crippen LogP contribution in [0.5, 0.6) is 0 Å². The van der Waals surface area contributed by atoms with Gasteiger partial charge in [0.15, 0.2) is 5.58 Å². The van der Waals surface area contributed by atoms with Crippen molar-refractivity contribution in [3.8, 4) is 27.9 Å². The molecule has 3 heterocycles. The molecule has 3 aliphatic carbocycles. The van der Waals surface area contributed by atoms with Crippen LogP contribution in [0.2, 0.25) is 0 Å². The second-order valence-electron chi connectivity index (χ2n) is 15.9. The first-order valence-corrected chi connectivity index (χ1v) is 19.4. The molecular formula is C51H38N2O. The van der Waals surface area contributed by atoms with E-state index in [1.54, 1.807) is 0 Å². The van der Waals surface area contributed by atoms with E-state index in [9.17, 15) is 0 Å². The lowest BCUT2D eigenvalue weighted by atomic mass is 9.81. The highest BCUT2D eigenvalue weighted by Gasteiger charge is 2.38. The Morgan fingerprint density at radius 2 is 1.43 bits per heavy atom. The van der Waals surface area contributed by atoms with Crippen LogP contribution in [0.1, 0.15) is 55.2 Å². The highest BCUT2D eigenvalue weighted by molar-refractivity contribution is 6.19. The molecule has 54 heavy (non-hydrogen) atoms. The first kappa shape index (κ1) is 30.2. The molecule has 0 radical (unpaired) electrons. The van der Waals surface area contributed by atoms with E-state index >= 15 is 0 Å². The minimum Gasteiger partial charge on any atom is -0.458 e. The topological polar surface area (TPSA) is 23.0 Å². The zero-order chi connectivity index (χ0) is 35.7. The molecule has 0 fully saturated rings. The quantitative estimate of drug-likeness (QED) is 0.181. The van der Waals surface area contributed by atoms with Gasteiger partial charge in [-0.25, -0.2) is 0 Å². The third-order valence-electron chi connectivity index (χ3n) is 12.6. The van der Waals surface area contributed by atoms with Crippen molar-refractivity contribution in [1.82, 2.24) is 9.13 Å². The number of rotatable bonds is 3. The number of aryl methyl sites for hydroxylation is 1. The van der Waals surface area contributed by atoms with Crippen molar-refractivity contribution in [2.75, 3.05) is 0 Å². The fourth-order valence-corrected chi connectivity index (χ4v) is 10.2. The fraction of sp³-hybridized carbons (Fsp3) is 0.137. The second-order valence-corrected chi connectivity index (χ2v) is 15.9. The van der Waals surface area contributed by atoms with Gasteiger partial charge in [-0.2, -0.15) is 0 Å². The van der Waals surface area contributed by atoms with Gasteiger partial charge in [-0.1, -0.05) is 129 Å². The van der Waals surface area contributed by atoms with Crippen LogP contribution in [0.4, 0.5) is 0 Å². The second kappa shape index (κ2) is 10.9. The Labute approximate surface area is 313 Å². The molecule has 3 heteroatoms. The largest absolute Gasteiger partial charge is 0.458 e. The van der Waals surface area contributed by atoms with Crippen LogP contribution in [0, 0.1) is 0 Å². The highest BCUT2D eigenvalue weighted by Crippen LogP contribution is 2.53. The summed E-state index contributed by atoms with van der Waals surface area (Å²) in [4.78, 5) is 0. The fourth-order valence-electron chi connectivity index (χ4n) is 10.2. The molecule has 3 aliphatic rings. The first-order valence-electron chi connectivity index (χ1n) is 19.4. The van der Waals surface area contributed by atoms with Gasteiger partial charge in [-0.3, -0.25) is 0 Å². The van der Waals surface area contributed by atoms with E-state index in [1.165, 1.54) is 93.6 Å². The lowest BCUT2D eigenvalue weighted by Gasteiger charge is -2.23. The molecule has 3 aromatic heterocycles. The van der Waals surface area contributed by atoms with E-state index in [-0.39, 0.29) is 11.5 Å².